The summed E-state index contributed by atoms with van der Waals surface area (Å²) in [6, 6.07) is 13.2. The fraction of sp³-hybridized carbons (Fsp3) is 0.333. The molecule has 0 amide bonds. The van der Waals surface area contributed by atoms with Crippen molar-refractivity contribution >= 4 is 5.69 Å². The number of hydrogen-bond donors (Lipinski definition) is 1. The van der Waals surface area contributed by atoms with Crippen molar-refractivity contribution in [3.05, 3.63) is 53.8 Å². The number of halogens is 1. The van der Waals surface area contributed by atoms with Gasteiger partial charge in [-0.3, -0.25) is 0 Å². The average Bonchev–Trinajstić information content (AvgIpc) is 2.86. The Kier molecular flexibility index (Phi) is 2.96. The van der Waals surface area contributed by atoms with E-state index in [4.69, 9.17) is 4.74 Å². The van der Waals surface area contributed by atoms with Crippen LogP contribution < -0.4 is 5.32 Å². The summed E-state index contributed by atoms with van der Waals surface area (Å²) >= 11 is 0. The Morgan fingerprint density at radius 2 is 1.81 bits per heavy atom. The fourth-order valence-corrected chi connectivity index (χ4v) is 3.55. The first-order valence-electron chi connectivity index (χ1n) is 7.49. The summed E-state index contributed by atoms with van der Waals surface area (Å²) in [5, 5.41) is 3.52. The van der Waals surface area contributed by atoms with Gasteiger partial charge in [-0.05, 0) is 53.8 Å². The maximum atomic E-state index is 13.4. The Balaban J connectivity index is 1.78. The number of benzene rings is 2. The molecular formula is C18H18FNO. The molecule has 0 atom stereocenters. The van der Waals surface area contributed by atoms with Crippen molar-refractivity contribution in [1.29, 1.82) is 0 Å². The summed E-state index contributed by atoms with van der Waals surface area (Å²) in [5.74, 6) is -0.188. The molecule has 2 heterocycles. The van der Waals surface area contributed by atoms with E-state index in [1.165, 1.54) is 17.3 Å². The molecule has 1 N–H and O–H groups in total. The molecule has 0 radical (unpaired) electrons. The highest BCUT2D eigenvalue weighted by molar-refractivity contribution is 5.72. The van der Waals surface area contributed by atoms with Crippen molar-refractivity contribution < 1.29 is 9.13 Å². The highest BCUT2D eigenvalue weighted by Crippen LogP contribution is 2.44. The quantitative estimate of drug-likeness (QED) is 0.855. The SMILES string of the molecule is Fc1cccc(-c2ccc3c(c2)C2(CCOCC2)CN3)c1. The molecule has 0 aliphatic carbocycles. The minimum absolute atomic E-state index is 0.188. The van der Waals surface area contributed by atoms with E-state index >= 15 is 0 Å². The van der Waals surface area contributed by atoms with E-state index in [1.807, 2.05) is 6.07 Å². The van der Waals surface area contributed by atoms with E-state index in [2.05, 4.69) is 23.5 Å². The normalized spacial score (nSPS) is 19.3. The first-order valence-corrected chi connectivity index (χ1v) is 7.49. The third kappa shape index (κ3) is 2.12. The van der Waals surface area contributed by atoms with Crippen molar-refractivity contribution in [2.75, 3.05) is 25.1 Å². The van der Waals surface area contributed by atoms with E-state index in [0.717, 1.165) is 43.7 Å². The third-order valence-corrected chi connectivity index (χ3v) is 4.82. The molecule has 2 aromatic carbocycles. The Morgan fingerprint density at radius 1 is 1.00 bits per heavy atom. The lowest BCUT2D eigenvalue weighted by Crippen LogP contribution is -2.35. The average molecular weight is 283 g/mol. The van der Waals surface area contributed by atoms with Crippen LogP contribution in [0.25, 0.3) is 11.1 Å². The van der Waals surface area contributed by atoms with Crippen molar-refractivity contribution in [1.82, 2.24) is 0 Å². The smallest absolute Gasteiger partial charge is 0.123 e. The van der Waals surface area contributed by atoms with Crippen LogP contribution in [0.1, 0.15) is 18.4 Å². The van der Waals surface area contributed by atoms with Crippen LogP contribution in [0.15, 0.2) is 42.5 Å². The highest BCUT2D eigenvalue weighted by Gasteiger charge is 2.40. The second-order valence-corrected chi connectivity index (χ2v) is 6.02. The predicted molar refractivity (Wildman–Crippen MR) is 82.1 cm³/mol. The molecule has 1 spiro atoms. The van der Waals surface area contributed by atoms with Crippen LogP contribution in [0.4, 0.5) is 10.1 Å². The minimum Gasteiger partial charge on any atom is -0.384 e. The Hall–Kier alpha value is -1.87. The predicted octanol–water partition coefficient (Wildman–Crippen LogP) is 3.97. The van der Waals surface area contributed by atoms with Crippen molar-refractivity contribution in [3.8, 4) is 11.1 Å². The molecule has 3 heteroatoms. The van der Waals surface area contributed by atoms with Crippen molar-refractivity contribution in [3.63, 3.8) is 0 Å². The van der Waals surface area contributed by atoms with Gasteiger partial charge in [-0.1, -0.05) is 18.2 Å². The maximum Gasteiger partial charge on any atom is 0.123 e. The molecule has 1 fully saturated rings. The minimum atomic E-state index is -0.188. The van der Waals surface area contributed by atoms with Crippen LogP contribution in [0.3, 0.4) is 0 Å². The summed E-state index contributed by atoms with van der Waals surface area (Å²) < 4.78 is 19.0. The maximum absolute atomic E-state index is 13.4. The monoisotopic (exact) mass is 283 g/mol. The van der Waals surface area contributed by atoms with Crippen LogP contribution in [-0.2, 0) is 10.2 Å². The van der Waals surface area contributed by atoms with E-state index < -0.39 is 0 Å². The van der Waals surface area contributed by atoms with E-state index in [0.29, 0.717) is 0 Å². The molecule has 2 aliphatic heterocycles. The van der Waals surface area contributed by atoms with Crippen molar-refractivity contribution in [2.45, 2.75) is 18.3 Å². The van der Waals surface area contributed by atoms with Gasteiger partial charge in [-0.15, -0.1) is 0 Å². The Bertz CT molecular complexity index is 671. The van der Waals surface area contributed by atoms with Gasteiger partial charge in [-0.25, -0.2) is 4.39 Å². The molecule has 0 aromatic heterocycles. The third-order valence-electron chi connectivity index (χ3n) is 4.82. The van der Waals surface area contributed by atoms with Crippen LogP contribution in [0.5, 0.6) is 0 Å². The number of anilines is 1. The zero-order valence-corrected chi connectivity index (χ0v) is 11.9. The molecule has 2 aromatic rings. The second-order valence-electron chi connectivity index (χ2n) is 6.02. The van der Waals surface area contributed by atoms with Crippen LogP contribution in [0, 0.1) is 5.82 Å². The standard InChI is InChI=1S/C18H18FNO/c19-15-3-1-2-13(10-15)14-4-5-17-16(11-14)18(12-20-17)6-8-21-9-7-18/h1-5,10-11,20H,6-9,12H2. The van der Waals surface area contributed by atoms with Gasteiger partial charge >= 0.3 is 0 Å². The van der Waals surface area contributed by atoms with Crippen LogP contribution >= 0.6 is 0 Å². The van der Waals surface area contributed by atoms with Gasteiger partial charge in [0.05, 0.1) is 0 Å². The summed E-state index contributed by atoms with van der Waals surface area (Å²) in [7, 11) is 0. The second kappa shape index (κ2) is 4.85. The van der Waals surface area contributed by atoms with Gasteiger partial charge in [-0.2, -0.15) is 0 Å². The van der Waals surface area contributed by atoms with E-state index in [1.54, 1.807) is 12.1 Å². The topological polar surface area (TPSA) is 21.3 Å². The first kappa shape index (κ1) is 12.8. The summed E-state index contributed by atoms with van der Waals surface area (Å²) in [5.41, 5.74) is 4.80. The highest BCUT2D eigenvalue weighted by atomic mass is 19.1. The number of rotatable bonds is 1. The summed E-state index contributed by atoms with van der Waals surface area (Å²) in [4.78, 5) is 0. The Labute approximate surface area is 123 Å². The van der Waals surface area contributed by atoms with Crippen LogP contribution in [-0.4, -0.2) is 19.8 Å². The van der Waals surface area contributed by atoms with E-state index in [-0.39, 0.29) is 11.2 Å². The lowest BCUT2D eigenvalue weighted by Gasteiger charge is -2.33. The summed E-state index contributed by atoms with van der Waals surface area (Å²) in [6.07, 6.45) is 2.11. The lowest BCUT2D eigenvalue weighted by atomic mass is 9.75. The largest absolute Gasteiger partial charge is 0.384 e. The van der Waals surface area contributed by atoms with Gasteiger partial charge in [0.25, 0.3) is 0 Å². The zero-order chi connectivity index (χ0) is 14.3. The lowest BCUT2D eigenvalue weighted by molar-refractivity contribution is 0.0567. The number of ether oxygens (including phenoxy) is 1. The van der Waals surface area contributed by atoms with Crippen molar-refractivity contribution in [2.24, 2.45) is 0 Å². The molecule has 0 saturated carbocycles. The number of nitrogens with one attached hydrogen (secondary N) is 1. The van der Waals surface area contributed by atoms with Gasteiger partial charge in [0.1, 0.15) is 5.82 Å². The van der Waals surface area contributed by atoms with Gasteiger partial charge in [0, 0.05) is 30.9 Å². The van der Waals surface area contributed by atoms with E-state index in [9.17, 15) is 4.39 Å². The fourth-order valence-electron chi connectivity index (χ4n) is 3.55. The molecule has 1 saturated heterocycles. The molecule has 0 bridgehead atoms. The number of fused-ring (bicyclic) bond motifs is 2. The molecule has 21 heavy (non-hydrogen) atoms. The molecule has 2 nitrogen and oxygen atoms in total. The molecule has 0 unspecified atom stereocenters. The summed E-state index contributed by atoms with van der Waals surface area (Å²) in [6.45, 7) is 2.63. The molecule has 4 rings (SSSR count). The van der Waals surface area contributed by atoms with Gasteiger partial charge in [0.2, 0.25) is 0 Å². The Morgan fingerprint density at radius 3 is 2.62 bits per heavy atom. The first-order chi connectivity index (χ1) is 10.3. The number of hydrogen-bond acceptors (Lipinski definition) is 2. The van der Waals surface area contributed by atoms with Gasteiger partial charge < -0.3 is 10.1 Å². The van der Waals surface area contributed by atoms with Crippen LogP contribution in [0.2, 0.25) is 0 Å². The van der Waals surface area contributed by atoms with Gasteiger partial charge in [0.15, 0.2) is 0 Å². The molecule has 108 valence electrons. The molecule has 2 aliphatic rings. The molecular weight excluding hydrogens is 265 g/mol. The zero-order valence-electron chi connectivity index (χ0n) is 11.9.